The predicted octanol–water partition coefficient (Wildman–Crippen LogP) is 5.48. The van der Waals surface area contributed by atoms with E-state index in [0.29, 0.717) is 23.8 Å². The van der Waals surface area contributed by atoms with Gasteiger partial charge in [-0.1, -0.05) is 7.92 Å². The van der Waals surface area contributed by atoms with Crippen molar-refractivity contribution < 1.29 is 9.53 Å². The summed E-state index contributed by atoms with van der Waals surface area (Å²) in [6, 6.07) is 9.15. The molecule has 4 heterocycles. The smallest absolute Gasteiger partial charge is 0.229 e. The van der Waals surface area contributed by atoms with Crippen LogP contribution in [-0.4, -0.2) is 101 Å². The molecule has 2 aromatic heterocycles. The number of carbonyl (C=O) groups excluding carboxylic acids is 1. The number of nitrogens with zero attached hydrogens (tertiary/aromatic N) is 7. The summed E-state index contributed by atoms with van der Waals surface area (Å²) in [6.07, 6.45) is 7.40. The molecule has 0 saturated carbocycles. The number of amides is 1. The standard InChI is InChI=1S/C33H41BrN9O2P/c1-20-15-27(29(45-4)16-28(20)42-13-9-22(10-14-42)43-18-23(19-43)41(3)21(2)44)39-33-37-17-24(34)32(40-33)38-26-8-7-25-30(31(26)46(5)6)36-12-11-35-25/h7-8,11-12,15-17,22-23H,9-10,13-14,18-19H2,1-6H3,(H2,37,38,39,40). The number of hydrogen-bond acceptors (Lipinski definition) is 10. The van der Waals surface area contributed by atoms with Crippen LogP contribution >= 0.6 is 23.9 Å². The second-order valence-corrected chi connectivity index (χ2v) is 15.3. The minimum atomic E-state index is -0.474. The molecule has 11 nitrogen and oxygen atoms in total. The van der Waals surface area contributed by atoms with Gasteiger partial charge in [-0.3, -0.25) is 19.7 Å². The van der Waals surface area contributed by atoms with Gasteiger partial charge in [-0.25, -0.2) is 4.98 Å². The molecule has 0 aliphatic carbocycles. The Morgan fingerprint density at radius 1 is 1.07 bits per heavy atom. The lowest BCUT2D eigenvalue weighted by Crippen LogP contribution is -2.63. The third kappa shape index (κ3) is 6.61. The van der Waals surface area contributed by atoms with Gasteiger partial charge in [0.2, 0.25) is 11.9 Å². The van der Waals surface area contributed by atoms with Crippen molar-refractivity contribution >= 4 is 74.9 Å². The van der Waals surface area contributed by atoms with Gasteiger partial charge in [-0.05, 0) is 72.8 Å². The van der Waals surface area contributed by atoms with Crippen LogP contribution in [0, 0.1) is 6.92 Å². The third-order valence-electron chi connectivity index (χ3n) is 9.08. The number of likely N-dealkylation sites (N-methyl/N-ethyl adjacent to an activating group) is 1. The maximum Gasteiger partial charge on any atom is 0.229 e. The highest BCUT2D eigenvalue weighted by atomic mass is 79.9. The molecule has 2 aromatic carbocycles. The number of piperidine rings is 1. The Morgan fingerprint density at radius 3 is 2.50 bits per heavy atom. The summed E-state index contributed by atoms with van der Waals surface area (Å²) in [7, 11) is 3.13. The largest absolute Gasteiger partial charge is 0.494 e. The fourth-order valence-electron chi connectivity index (χ4n) is 6.38. The molecule has 2 N–H and O–H groups in total. The maximum absolute atomic E-state index is 11.7. The number of anilines is 5. The summed E-state index contributed by atoms with van der Waals surface area (Å²) in [5.74, 6) is 1.98. The lowest BCUT2D eigenvalue weighted by atomic mass is 9.96. The SMILES string of the molecule is COc1cc(N2CCC(N3CC(N(C)C(C)=O)C3)CC2)c(C)cc1Nc1ncc(Br)c(Nc2ccc3nccnc3c2P(C)C)n1. The van der Waals surface area contributed by atoms with Gasteiger partial charge in [0.25, 0.3) is 0 Å². The number of ether oxygens (including phenoxy) is 1. The van der Waals surface area contributed by atoms with Crippen LogP contribution < -0.4 is 25.6 Å². The maximum atomic E-state index is 11.7. The van der Waals surface area contributed by atoms with Crippen molar-refractivity contribution in [2.45, 2.75) is 38.8 Å². The molecular weight excluding hydrogens is 665 g/mol. The molecule has 2 aliphatic heterocycles. The molecule has 13 heteroatoms. The molecule has 0 spiro atoms. The van der Waals surface area contributed by atoms with Crippen LogP contribution in [0.1, 0.15) is 25.3 Å². The lowest BCUT2D eigenvalue weighted by molar-refractivity contribution is -0.133. The molecule has 0 unspecified atom stereocenters. The number of aromatic nitrogens is 4. The number of fused-ring (bicyclic) bond motifs is 1. The number of methoxy groups -OCH3 is 1. The van der Waals surface area contributed by atoms with Crippen molar-refractivity contribution in [3.8, 4) is 5.75 Å². The van der Waals surface area contributed by atoms with E-state index in [1.54, 1.807) is 32.6 Å². The zero-order valence-electron chi connectivity index (χ0n) is 27.2. The highest BCUT2D eigenvalue weighted by molar-refractivity contribution is 9.10. The second-order valence-electron chi connectivity index (χ2n) is 12.2. The molecule has 46 heavy (non-hydrogen) atoms. The monoisotopic (exact) mass is 705 g/mol. The van der Waals surface area contributed by atoms with Crippen molar-refractivity contribution in [2.75, 3.05) is 69.2 Å². The number of rotatable bonds is 9. The summed E-state index contributed by atoms with van der Waals surface area (Å²) in [4.78, 5) is 37.0. The van der Waals surface area contributed by atoms with E-state index in [1.807, 2.05) is 24.1 Å². The van der Waals surface area contributed by atoms with Crippen LogP contribution in [0.5, 0.6) is 5.75 Å². The van der Waals surface area contributed by atoms with Gasteiger partial charge in [-0.2, -0.15) is 4.98 Å². The van der Waals surface area contributed by atoms with Crippen LogP contribution in [0.15, 0.2) is 47.3 Å². The average Bonchev–Trinajstić information content (AvgIpc) is 3.02. The molecule has 2 aliphatic rings. The Balaban J connectivity index is 1.16. The second kappa shape index (κ2) is 13.6. The molecule has 1 amide bonds. The minimum absolute atomic E-state index is 0.142. The Labute approximate surface area is 280 Å². The minimum Gasteiger partial charge on any atom is -0.494 e. The summed E-state index contributed by atoms with van der Waals surface area (Å²) in [5, 5.41) is 8.06. The number of carbonyl (C=O) groups is 1. The Hall–Kier alpha value is -3.60. The van der Waals surface area contributed by atoms with Gasteiger partial charge >= 0.3 is 0 Å². The number of halogens is 1. The zero-order valence-corrected chi connectivity index (χ0v) is 29.7. The van der Waals surface area contributed by atoms with Crippen LogP contribution in [0.2, 0.25) is 0 Å². The van der Waals surface area contributed by atoms with E-state index < -0.39 is 7.92 Å². The van der Waals surface area contributed by atoms with Gasteiger partial charge in [0, 0.05) is 87.5 Å². The molecule has 6 rings (SSSR count). The molecule has 2 saturated heterocycles. The average molecular weight is 707 g/mol. The summed E-state index contributed by atoms with van der Waals surface area (Å²) in [5.41, 5.74) is 5.88. The first-order valence-electron chi connectivity index (χ1n) is 15.5. The fourth-order valence-corrected chi connectivity index (χ4v) is 7.88. The summed E-state index contributed by atoms with van der Waals surface area (Å²) in [6.45, 7) is 12.1. The molecule has 242 valence electrons. The predicted molar refractivity (Wildman–Crippen MR) is 191 cm³/mol. The first kappa shape index (κ1) is 32.3. The van der Waals surface area contributed by atoms with Crippen molar-refractivity contribution in [1.82, 2.24) is 29.7 Å². The van der Waals surface area contributed by atoms with Gasteiger partial charge in [0.15, 0.2) is 0 Å². The topological polar surface area (TPSA) is 112 Å². The normalized spacial score (nSPS) is 16.0. The van der Waals surface area contributed by atoms with E-state index in [-0.39, 0.29) is 5.91 Å². The zero-order chi connectivity index (χ0) is 32.5. The summed E-state index contributed by atoms with van der Waals surface area (Å²) < 4.78 is 6.61. The van der Waals surface area contributed by atoms with E-state index in [4.69, 9.17) is 9.72 Å². The van der Waals surface area contributed by atoms with E-state index in [9.17, 15) is 4.79 Å². The summed E-state index contributed by atoms with van der Waals surface area (Å²) >= 11 is 3.63. The number of nitrogens with one attached hydrogen (secondary N) is 2. The van der Waals surface area contributed by atoms with Crippen LogP contribution in [-0.2, 0) is 4.79 Å². The highest BCUT2D eigenvalue weighted by Crippen LogP contribution is 2.38. The van der Waals surface area contributed by atoms with Gasteiger partial charge in [0.05, 0.1) is 34.3 Å². The van der Waals surface area contributed by atoms with Gasteiger partial charge in [0.1, 0.15) is 11.6 Å². The van der Waals surface area contributed by atoms with E-state index >= 15 is 0 Å². The molecule has 0 radical (unpaired) electrons. The van der Waals surface area contributed by atoms with E-state index in [0.717, 1.165) is 82.5 Å². The number of hydrogen-bond donors (Lipinski definition) is 2. The number of benzene rings is 2. The van der Waals surface area contributed by atoms with Crippen molar-refractivity contribution in [1.29, 1.82) is 0 Å². The van der Waals surface area contributed by atoms with E-state index in [1.165, 1.54) is 5.69 Å². The Morgan fingerprint density at radius 2 is 1.80 bits per heavy atom. The van der Waals surface area contributed by atoms with Crippen LogP contribution in [0.4, 0.5) is 28.8 Å². The molecular formula is C33H41BrN9O2P. The quantitative estimate of drug-likeness (QED) is 0.217. The molecule has 2 fully saturated rings. The Kier molecular flexibility index (Phi) is 9.59. The van der Waals surface area contributed by atoms with Crippen LogP contribution in [0.3, 0.4) is 0 Å². The van der Waals surface area contributed by atoms with Crippen LogP contribution in [0.25, 0.3) is 11.0 Å². The van der Waals surface area contributed by atoms with Crippen molar-refractivity contribution in [3.05, 3.63) is 52.9 Å². The lowest BCUT2D eigenvalue weighted by Gasteiger charge is -2.50. The number of likely N-dealkylation sites (tertiary alicyclic amines) is 1. The first-order chi connectivity index (χ1) is 22.1. The highest BCUT2D eigenvalue weighted by Gasteiger charge is 2.37. The van der Waals surface area contributed by atoms with Crippen molar-refractivity contribution in [2.24, 2.45) is 0 Å². The number of aryl methyl sites for hydroxylation is 1. The van der Waals surface area contributed by atoms with Gasteiger partial charge < -0.3 is 25.2 Å². The Bertz CT molecular complexity index is 1740. The third-order valence-corrected chi connectivity index (χ3v) is 11.0. The molecule has 0 atom stereocenters. The van der Waals surface area contributed by atoms with Gasteiger partial charge in [-0.15, -0.1) is 0 Å². The molecule has 4 aromatic rings. The molecule has 0 bridgehead atoms. The fraction of sp³-hybridized carbons (Fsp3) is 0.424. The van der Waals surface area contributed by atoms with Crippen molar-refractivity contribution in [3.63, 3.8) is 0 Å². The van der Waals surface area contributed by atoms with E-state index in [2.05, 4.69) is 83.7 Å². The first-order valence-corrected chi connectivity index (χ1v) is 18.5.